The topological polar surface area (TPSA) is 75.3 Å². The number of nitrogens with zero attached hydrogens (tertiary/aromatic N) is 1. The Morgan fingerprint density at radius 3 is 2.83 bits per heavy atom. The zero-order valence-electron chi connectivity index (χ0n) is 10.8. The molecule has 0 saturated heterocycles. The third-order valence-electron chi connectivity index (χ3n) is 3.07. The Morgan fingerprint density at radius 2 is 2.17 bits per heavy atom. The van der Waals surface area contributed by atoms with Crippen LogP contribution in [0.25, 0.3) is 11.1 Å². The van der Waals surface area contributed by atoms with Gasteiger partial charge < -0.3 is 15.1 Å². The summed E-state index contributed by atoms with van der Waals surface area (Å²) < 4.78 is 4.99. The maximum absolute atomic E-state index is 11.1. The highest BCUT2D eigenvalue weighted by Crippen LogP contribution is 2.28. The molecule has 0 fully saturated rings. The summed E-state index contributed by atoms with van der Waals surface area (Å²) in [6, 6.07) is 3.59. The summed E-state index contributed by atoms with van der Waals surface area (Å²) in [4.78, 5) is 16.0. The van der Waals surface area contributed by atoms with Crippen molar-refractivity contribution < 1.29 is 4.42 Å². The van der Waals surface area contributed by atoms with Crippen LogP contribution in [0, 0.1) is 0 Å². The minimum atomic E-state index is -0.446. The number of aromatic nitrogens is 1. The number of oxazole rings is 1. The number of benzene rings is 1. The molecular weight excluding hydrogens is 230 g/mol. The summed E-state index contributed by atoms with van der Waals surface area (Å²) in [6.45, 7) is 6.11. The van der Waals surface area contributed by atoms with Gasteiger partial charge in [0.05, 0.1) is 16.9 Å². The Kier molecular flexibility index (Phi) is 3.60. The summed E-state index contributed by atoms with van der Waals surface area (Å²) in [6.07, 6.45) is 2.26. The van der Waals surface area contributed by atoms with Gasteiger partial charge in [-0.05, 0) is 19.4 Å². The Morgan fingerprint density at radius 1 is 1.39 bits per heavy atom. The molecule has 1 heterocycles. The first-order valence-electron chi connectivity index (χ1n) is 6.33. The van der Waals surface area contributed by atoms with E-state index in [4.69, 9.17) is 10.2 Å². The monoisotopic (exact) mass is 249 g/mol. The van der Waals surface area contributed by atoms with Crippen LogP contribution in [-0.2, 0) is 0 Å². The van der Waals surface area contributed by atoms with Gasteiger partial charge in [-0.25, -0.2) is 4.79 Å². The predicted octanol–water partition coefficient (Wildman–Crippen LogP) is 2.33. The van der Waals surface area contributed by atoms with E-state index in [1.165, 1.54) is 0 Å². The Balaban J connectivity index is 2.41. The van der Waals surface area contributed by atoms with Gasteiger partial charge in [0.25, 0.3) is 0 Å². The van der Waals surface area contributed by atoms with Crippen molar-refractivity contribution in [2.45, 2.75) is 26.7 Å². The number of hydrogen-bond acceptors (Lipinski definition) is 4. The molecule has 0 bridgehead atoms. The van der Waals surface area contributed by atoms with E-state index in [1.807, 2.05) is 6.07 Å². The lowest BCUT2D eigenvalue weighted by molar-refractivity contribution is 0.555. The maximum atomic E-state index is 11.1. The molecule has 1 aromatic heterocycles. The minimum Gasteiger partial charge on any atom is -0.408 e. The standard InChI is InChI=1S/C13H19N3O2/c1-3-5-6-16(4-2)11-8-10-12(7-9(11)14)18-13(17)15-10/h7-8H,3-6,14H2,1-2H3,(H,15,17). The molecule has 2 aromatic rings. The molecule has 0 saturated carbocycles. The van der Waals surface area contributed by atoms with Crippen molar-refractivity contribution in [3.8, 4) is 0 Å². The van der Waals surface area contributed by atoms with Crippen LogP contribution in [0.1, 0.15) is 26.7 Å². The van der Waals surface area contributed by atoms with Crippen LogP contribution in [0.4, 0.5) is 11.4 Å². The molecule has 0 aliphatic rings. The van der Waals surface area contributed by atoms with Crippen molar-refractivity contribution in [3.05, 3.63) is 22.7 Å². The van der Waals surface area contributed by atoms with Crippen LogP contribution in [-0.4, -0.2) is 18.1 Å². The van der Waals surface area contributed by atoms with E-state index in [-0.39, 0.29) is 0 Å². The minimum absolute atomic E-state index is 0.446. The van der Waals surface area contributed by atoms with Crippen LogP contribution in [0.3, 0.4) is 0 Å². The van der Waals surface area contributed by atoms with Crippen LogP contribution >= 0.6 is 0 Å². The van der Waals surface area contributed by atoms with E-state index in [0.29, 0.717) is 16.8 Å². The van der Waals surface area contributed by atoms with Gasteiger partial charge >= 0.3 is 5.76 Å². The fourth-order valence-electron chi connectivity index (χ4n) is 2.07. The molecular formula is C13H19N3O2. The first-order chi connectivity index (χ1) is 8.65. The van der Waals surface area contributed by atoms with Crippen molar-refractivity contribution in [1.82, 2.24) is 4.98 Å². The summed E-state index contributed by atoms with van der Waals surface area (Å²) in [5, 5.41) is 0. The van der Waals surface area contributed by atoms with Gasteiger partial charge in [-0.1, -0.05) is 13.3 Å². The largest absolute Gasteiger partial charge is 0.417 e. The highest BCUT2D eigenvalue weighted by molar-refractivity contribution is 5.85. The Labute approximate surface area is 106 Å². The number of nitrogen functional groups attached to an aromatic ring is 1. The van der Waals surface area contributed by atoms with Crippen LogP contribution in [0.2, 0.25) is 0 Å². The zero-order chi connectivity index (χ0) is 13.1. The quantitative estimate of drug-likeness (QED) is 0.797. The lowest BCUT2D eigenvalue weighted by Crippen LogP contribution is -2.24. The summed E-state index contributed by atoms with van der Waals surface area (Å²) in [5.41, 5.74) is 8.82. The van der Waals surface area contributed by atoms with Crippen LogP contribution < -0.4 is 16.4 Å². The van der Waals surface area contributed by atoms with Crippen molar-refractivity contribution in [1.29, 1.82) is 0 Å². The molecule has 0 amide bonds. The van der Waals surface area contributed by atoms with Crippen molar-refractivity contribution >= 4 is 22.5 Å². The van der Waals surface area contributed by atoms with Crippen molar-refractivity contribution in [2.75, 3.05) is 23.7 Å². The number of unbranched alkanes of at least 4 members (excludes halogenated alkanes) is 1. The Bertz CT molecular complexity index is 585. The third-order valence-corrected chi connectivity index (χ3v) is 3.07. The lowest BCUT2D eigenvalue weighted by Gasteiger charge is -2.24. The number of fused-ring (bicyclic) bond motifs is 1. The summed E-state index contributed by atoms with van der Waals surface area (Å²) in [7, 11) is 0. The van der Waals surface area contributed by atoms with Gasteiger partial charge in [0.1, 0.15) is 0 Å². The van der Waals surface area contributed by atoms with Gasteiger partial charge in [0, 0.05) is 19.2 Å². The highest BCUT2D eigenvalue weighted by Gasteiger charge is 2.11. The molecule has 0 radical (unpaired) electrons. The Hall–Kier alpha value is -1.91. The number of nitrogens with one attached hydrogen (secondary N) is 1. The zero-order valence-corrected chi connectivity index (χ0v) is 10.8. The fourth-order valence-corrected chi connectivity index (χ4v) is 2.07. The molecule has 5 nitrogen and oxygen atoms in total. The number of nitrogens with two attached hydrogens (primary N) is 1. The van der Waals surface area contributed by atoms with Crippen LogP contribution in [0.15, 0.2) is 21.3 Å². The highest BCUT2D eigenvalue weighted by atomic mass is 16.4. The van der Waals surface area contributed by atoms with E-state index in [2.05, 4.69) is 23.7 Å². The van der Waals surface area contributed by atoms with E-state index >= 15 is 0 Å². The number of anilines is 2. The van der Waals surface area contributed by atoms with Gasteiger partial charge in [-0.2, -0.15) is 0 Å². The molecule has 2 rings (SSSR count). The molecule has 98 valence electrons. The molecule has 0 atom stereocenters. The number of aromatic amines is 1. The van der Waals surface area contributed by atoms with Gasteiger partial charge in [0.15, 0.2) is 5.58 Å². The molecule has 3 N–H and O–H groups in total. The average Bonchev–Trinajstić information content (AvgIpc) is 2.69. The summed E-state index contributed by atoms with van der Waals surface area (Å²) in [5.74, 6) is -0.446. The predicted molar refractivity (Wildman–Crippen MR) is 74.0 cm³/mol. The van der Waals surface area contributed by atoms with E-state index in [9.17, 15) is 4.79 Å². The second-order valence-electron chi connectivity index (χ2n) is 4.35. The number of rotatable bonds is 5. The van der Waals surface area contributed by atoms with E-state index < -0.39 is 5.76 Å². The lowest BCUT2D eigenvalue weighted by atomic mass is 10.2. The first kappa shape index (κ1) is 12.5. The van der Waals surface area contributed by atoms with Gasteiger partial charge in [-0.3, -0.25) is 4.98 Å². The van der Waals surface area contributed by atoms with Gasteiger partial charge in [0.2, 0.25) is 0 Å². The molecule has 1 aromatic carbocycles. The van der Waals surface area contributed by atoms with Crippen LogP contribution in [0.5, 0.6) is 0 Å². The second-order valence-corrected chi connectivity index (χ2v) is 4.35. The van der Waals surface area contributed by atoms with E-state index in [1.54, 1.807) is 6.07 Å². The fraction of sp³-hybridized carbons (Fsp3) is 0.462. The molecule has 0 aliphatic heterocycles. The SMILES string of the molecule is CCCCN(CC)c1cc2[nH]c(=O)oc2cc1N. The first-order valence-corrected chi connectivity index (χ1v) is 6.33. The second kappa shape index (κ2) is 5.16. The van der Waals surface area contributed by atoms with Gasteiger partial charge in [-0.15, -0.1) is 0 Å². The normalized spacial score (nSPS) is 11.0. The molecule has 0 spiro atoms. The smallest absolute Gasteiger partial charge is 0.408 e. The van der Waals surface area contributed by atoms with Crippen molar-refractivity contribution in [3.63, 3.8) is 0 Å². The molecule has 0 aliphatic carbocycles. The average molecular weight is 249 g/mol. The molecule has 0 unspecified atom stereocenters. The number of hydrogen-bond donors (Lipinski definition) is 2. The summed E-state index contributed by atoms with van der Waals surface area (Å²) >= 11 is 0. The third kappa shape index (κ3) is 2.34. The number of H-pyrrole nitrogens is 1. The van der Waals surface area contributed by atoms with Crippen molar-refractivity contribution in [2.24, 2.45) is 0 Å². The molecule has 18 heavy (non-hydrogen) atoms. The maximum Gasteiger partial charge on any atom is 0.417 e. The molecule has 5 heteroatoms. The van der Waals surface area contributed by atoms with E-state index in [0.717, 1.165) is 31.6 Å².